The first-order valence-corrected chi connectivity index (χ1v) is 6.28. The van der Waals surface area contributed by atoms with E-state index in [1.807, 2.05) is 6.92 Å². The van der Waals surface area contributed by atoms with Crippen LogP contribution in [0.4, 0.5) is 0 Å². The van der Waals surface area contributed by atoms with Gasteiger partial charge in [-0.3, -0.25) is 4.79 Å². The molecule has 1 saturated heterocycles. The largest absolute Gasteiger partial charge is 0.395 e. The molecule has 0 aliphatic carbocycles. The zero-order valence-corrected chi connectivity index (χ0v) is 10.9. The SMILES string of the molecule is COCCN(CCO)C(=O)C1(C)CCCCN1. The lowest BCUT2D eigenvalue weighted by molar-refractivity contribution is -0.140. The van der Waals surface area contributed by atoms with E-state index in [-0.39, 0.29) is 12.5 Å². The van der Waals surface area contributed by atoms with Crippen LogP contribution in [-0.4, -0.2) is 61.4 Å². The van der Waals surface area contributed by atoms with E-state index in [1.165, 1.54) is 0 Å². The Balaban J connectivity index is 2.61. The molecule has 0 aromatic rings. The van der Waals surface area contributed by atoms with Gasteiger partial charge in [-0.25, -0.2) is 0 Å². The summed E-state index contributed by atoms with van der Waals surface area (Å²) in [5.41, 5.74) is -0.471. The van der Waals surface area contributed by atoms with E-state index in [9.17, 15) is 4.79 Å². The molecule has 100 valence electrons. The summed E-state index contributed by atoms with van der Waals surface area (Å²) >= 11 is 0. The second-order valence-corrected chi connectivity index (χ2v) is 4.72. The molecule has 1 fully saturated rings. The fourth-order valence-corrected chi connectivity index (χ4v) is 2.22. The summed E-state index contributed by atoms with van der Waals surface area (Å²) in [6, 6.07) is 0. The molecule has 1 heterocycles. The van der Waals surface area contributed by atoms with E-state index in [2.05, 4.69) is 5.32 Å². The number of amides is 1. The van der Waals surface area contributed by atoms with Crippen molar-refractivity contribution in [1.29, 1.82) is 0 Å². The maximum Gasteiger partial charge on any atom is 0.242 e. The first-order valence-electron chi connectivity index (χ1n) is 6.28. The average molecular weight is 244 g/mol. The summed E-state index contributed by atoms with van der Waals surface area (Å²) in [6.45, 7) is 4.24. The summed E-state index contributed by atoms with van der Waals surface area (Å²) in [5, 5.41) is 12.3. The van der Waals surface area contributed by atoms with Crippen LogP contribution in [0.15, 0.2) is 0 Å². The number of ether oxygens (including phenoxy) is 1. The van der Waals surface area contributed by atoms with Crippen LogP contribution >= 0.6 is 0 Å². The highest BCUT2D eigenvalue weighted by atomic mass is 16.5. The number of aliphatic hydroxyl groups excluding tert-OH is 1. The number of nitrogens with zero attached hydrogens (tertiary/aromatic N) is 1. The standard InChI is InChI=1S/C12H24N2O3/c1-12(5-3-4-6-13-12)11(16)14(7-9-15)8-10-17-2/h13,15H,3-10H2,1-2H3. The molecule has 0 spiro atoms. The van der Waals surface area contributed by atoms with E-state index in [0.29, 0.717) is 19.7 Å². The molecule has 2 N–H and O–H groups in total. The van der Waals surface area contributed by atoms with Gasteiger partial charge in [0.2, 0.25) is 5.91 Å². The van der Waals surface area contributed by atoms with E-state index in [4.69, 9.17) is 9.84 Å². The lowest BCUT2D eigenvalue weighted by Crippen LogP contribution is -2.58. The maximum atomic E-state index is 12.4. The van der Waals surface area contributed by atoms with E-state index < -0.39 is 5.54 Å². The van der Waals surface area contributed by atoms with Crippen molar-refractivity contribution < 1.29 is 14.6 Å². The molecule has 1 unspecified atom stereocenters. The van der Waals surface area contributed by atoms with Crippen molar-refractivity contribution in [1.82, 2.24) is 10.2 Å². The number of methoxy groups -OCH3 is 1. The minimum atomic E-state index is -0.471. The van der Waals surface area contributed by atoms with Crippen LogP contribution in [0.1, 0.15) is 26.2 Å². The van der Waals surface area contributed by atoms with E-state index in [0.717, 1.165) is 25.8 Å². The van der Waals surface area contributed by atoms with Gasteiger partial charge in [-0.15, -0.1) is 0 Å². The topological polar surface area (TPSA) is 61.8 Å². The van der Waals surface area contributed by atoms with Crippen molar-refractivity contribution in [2.45, 2.75) is 31.7 Å². The van der Waals surface area contributed by atoms with Crippen LogP contribution in [0.3, 0.4) is 0 Å². The van der Waals surface area contributed by atoms with Crippen LogP contribution < -0.4 is 5.32 Å². The molecule has 1 aliphatic heterocycles. The van der Waals surface area contributed by atoms with Gasteiger partial charge < -0.3 is 20.1 Å². The Morgan fingerprint density at radius 3 is 2.76 bits per heavy atom. The number of carbonyl (C=O) groups is 1. The molecular formula is C12H24N2O3. The average Bonchev–Trinajstić information content (AvgIpc) is 2.34. The number of piperidine rings is 1. The van der Waals surface area contributed by atoms with Gasteiger partial charge in [-0.1, -0.05) is 0 Å². The highest BCUT2D eigenvalue weighted by molar-refractivity contribution is 5.86. The molecule has 17 heavy (non-hydrogen) atoms. The van der Waals surface area contributed by atoms with E-state index >= 15 is 0 Å². The fourth-order valence-electron chi connectivity index (χ4n) is 2.22. The minimum Gasteiger partial charge on any atom is -0.395 e. The highest BCUT2D eigenvalue weighted by Gasteiger charge is 2.37. The van der Waals surface area contributed by atoms with Crippen LogP contribution in [0, 0.1) is 0 Å². The molecule has 0 aromatic carbocycles. The Hall–Kier alpha value is -0.650. The third-order valence-corrected chi connectivity index (χ3v) is 3.31. The summed E-state index contributed by atoms with van der Waals surface area (Å²) in [4.78, 5) is 14.1. The monoisotopic (exact) mass is 244 g/mol. The second kappa shape index (κ2) is 6.93. The molecule has 1 aliphatic rings. The van der Waals surface area contributed by atoms with Crippen LogP contribution in [0.25, 0.3) is 0 Å². The van der Waals surface area contributed by atoms with Crippen molar-refractivity contribution in [2.24, 2.45) is 0 Å². The van der Waals surface area contributed by atoms with Crippen molar-refractivity contribution in [3.63, 3.8) is 0 Å². The Morgan fingerprint density at radius 2 is 2.24 bits per heavy atom. The van der Waals surface area contributed by atoms with Crippen molar-refractivity contribution in [2.75, 3.05) is 40.0 Å². The Bertz CT molecular complexity index is 240. The number of rotatable bonds is 6. The van der Waals surface area contributed by atoms with Gasteiger partial charge >= 0.3 is 0 Å². The molecule has 0 saturated carbocycles. The molecule has 5 heteroatoms. The van der Waals surface area contributed by atoms with Crippen LogP contribution in [0.2, 0.25) is 0 Å². The molecule has 1 amide bonds. The summed E-state index contributed by atoms with van der Waals surface area (Å²) < 4.78 is 4.99. The number of aliphatic hydroxyl groups is 1. The van der Waals surface area contributed by atoms with Gasteiger partial charge in [0.25, 0.3) is 0 Å². The summed E-state index contributed by atoms with van der Waals surface area (Å²) in [7, 11) is 1.61. The van der Waals surface area contributed by atoms with Crippen molar-refractivity contribution >= 4 is 5.91 Å². The number of carbonyl (C=O) groups excluding carboxylic acids is 1. The van der Waals surface area contributed by atoms with Gasteiger partial charge in [0.1, 0.15) is 0 Å². The lowest BCUT2D eigenvalue weighted by atomic mass is 9.89. The minimum absolute atomic E-state index is 0.00840. The van der Waals surface area contributed by atoms with Gasteiger partial charge in [-0.05, 0) is 32.7 Å². The molecular weight excluding hydrogens is 220 g/mol. The smallest absolute Gasteiger partial charge is 0.242 e. The van der Waals surface area contributed by atoms with Gasteiger partial charge in [0.05, 0.1) is 18.8 Å². The zero-order valence-electron chi connectivity index (χ0n) is 10.9. The van der Waals surface area contributed by atoms with Crippen molar-refractivity contribution in [3.05, 3.63) is 0 Å². The zero-order chi connectivity index (χ0) is 12.7. The molecule has 0 bridgehead atoms. The Labute approximate surface area is 103 Å². The van der Waals surface area contributed by atoms with Crippen LogP contribution in [-0.2, 0) is 9.53 Å². The number of hydrogen-bond acceptors (Lipinski definition) is 4. The van der Waals surface area contributed by atoms with E-state index in [1.54, 1.807) is 12.0 Å². The molecule has 0 aromatic heterocycles. The number of nitrogens with one attached hydrogen (secondary N) is 1. The van der Waals surface area contributed by atoms with Crippen LogP contribution in [0.5, 0.6) is 0 Å². The second-order valence-electron chi connectivity index (χ2n) is 4.72. The summed E-state index contributed by atoms with van der Waals surface area (Å²) in [6.07, 6.45) is 3.06. The predicted octanol–water partition coefficient (Wildman–Crippen LogP) is -0.0141. The molecule has 0 radical (unpaired) electrons. The molecule has 5 nitrogen and oxygen atoms in total. The fraction of sp³-hybridized carbons (Fsp3) is 0.917. The predicted molar refractivity (Wildman–Crippen MR) is 65.8 cm³/mol. The quantitative estimate of drug-likeness (QED) is 0.689. The number of hydrogen-bond donors (Lipinski definition) is 2. The molecule has 1 atom stereocenters. The van der Waals surface area contributed by atoms with Gasteiger partial charge in [0, 0.05) is 20.2 Å². The third kappa shape index (κ3) is 3.94. The highest BCUT2D eigenvalue weighted by Crippen LogP contribution is 2.21. The third-order valence-electron chi connectivity index (χ3n) is 3.31. The Morgan fingerprint density at radius 1 is 1.47 bits per heavy atom. The van der Waals surface area contributed by atoms with Gasteiger partial charge in [0.15, 0.2) is 0 Å². The normalized spacial score (nSPS) is 24.6. The first kappa shape index (κ1) is 14.4. The lowest BCUT2D eigenvalue weighted by Gasteiger charge is -2.37. The first-order chi connectivity index (χ1) is 8.14. The summed E-state index contributed by atoms with van der Waals surface area (Å²) in [5.74, 6) is 0.0725. The van der Waals surface area contributed by atoms with Gasteiger partial charge in [-0.2, -0.15) is 0 Å². The Kier molecular flexibility index (Phi) is 5.88. The van der Waals surface area contributed by atoms with Crippen molar-refractivity contribution in [3.8, 4) is 0 Å². The maximum absolute atomic E-state index is 12.4. The molecule has 1 rings (SSSR count).